The van der Waals surface area contributed by atoms with E-state index in [4.69, 9.17) is 28.4 Å². The van der Waals surface area contributed by atoms with Crippen LogP contribution in [0.1, 0.15) is 38.5 Å². The molecular weight excluding hydrogens is 519 g/mol. The minimum absolute atomic E-state index is 0.0153. The summed E-state index contributed by atoms with van der Waals surface area (Å²) in [6, 6.07) is 10.5. The molecule has 196 valence electrons. The van der Waals surface area contributed by atoms with Gasteiger partial charge in [0.2, 0.25) is 0 Å². The summed E-state index contributed by atoms with van der Waals surface area (Å²) in [5, 5.41) is 0.0679. The summed E-state index contributed by atoms with van der Waals surface area (Å²) in [4.78, 5) is 11.4. The van der Waals surface area contributed by atoms with Gasteiger partial charge in [-0.25, -0.2) is 0 Å². The van der Waals surface area contributed by atoms with Crippen molar-refractivity contribution in [2.45, 2.75) is 67.9 Å². The molecule has 0 bridgehead atoms. The second kappa shape index (κ2) is 16.3. The van der Waals surface area contributed by atoms with Crippen molar-refractivity contribution in [3.8, 4) is 0 Å². The molecule has 2 saturated heterocycles. The molecule has 0 radical (unpaired) electrons. The summed E-state index contributed by atoms with van der Waals surface area (Å²) in [5.74, 6) is -0.434. The topological polar surface area (TPSA) is 81.7 Å². The van der Waals surface area contributed by atoms with Crippen LogP contribution in [0.3, 0.4) is 0 Å². The molecule has 5 atom stereocenters. The molecule has 0 saturated carbocycles. The van der Waals surface area contributed by atoms with E-state index in [1.54, 1.807) is 7.11 Å². The van der Waals surface area contributed by atoms with Gasteiger partial charge in [0.05, 0.1) is 0 Å². The Balaban J connectivity index is 1.61. The molecule has 0 amide bonds. The summed E-state index contributed by atoms with van der Waals surface area (Å²) in [7, 11) is 2.96. The Morgan fingerprint density at radius 2 is 1.83 bits per heavy atom. The van der Waals surface area contributed by atoms with E-state index in [0.717, 1.165) is 51.7 Å². The third-order valence-corrected chi connectivity index (χ3v) is 8.35. The van der Waals surface area contributed by atoms with Crippen molar-refractivity contribution in [2.75, 3.05) is 40.8 Å². The summed E-state index contributed by atoms with van der Waals surface area (Å²) >= 11 is 0.131. The fraction of sp³-hybridized carbons (Fsp3) is 0.654. The van der Waals surface area contributed by atoms with Gasteiger partial charge in [0, 0.05) is 0 Å². The minimum atomic E-state index is -0.434. The molecule has 0 N–H and O–H groups in total. The average molecular weight is 558 g/mol. The van der Waals surface area contributed by atoms with Crippen LogP contribution in [0.2, 0.25) is 0 Å². The fourth-order valence-electron chi connectivity index (χ4n) is 4.17. The van der Waals surface area contributed by atoms with Crippen molar-refractivity contribution >= 4 is 25.4 Å². The third-order valence-electron chi connectivity index (χ3n) is 5.93. The molecule has 3 rings (SSSR count). The zero-order valence-corrected chi connectivity index (χ0v) is 22.4. The molecule has 1 aromatic carbocycles. The molecule has 2 heterocycles. The van der Waals surface area contributed by atoms with Crippen molar-refractivity contribution in [3.05, 3.63) is 42.7 Å². The Kier molecular flexibility index (Phi) is 13.1. The second-order valence-electron chi connectivity index (χ2n) is 8.49. The van der Waals surface area contributed by atoms with Crippen LogP contribution in [0.25, 0.3) is 0 Å². The van der Waals surface area contributed by atoms with Gasteiger partial charge in [0.25, 0.3) is 0 Å². The van der Waals surface area contributed by atoms with E-state index in [0.29, 0.717) is 6.61 Å². The first kappa shape index (κ1) is 28.1. The van der Waals surface area contributed by atoms with Crippen molar-refractivity contribution < 1.29 is 38.0 Å². The number of hydrogen-bond acceptors (Lipinski definition) is 8. The number of carbonyl (C=O) groups is 1. The van der Waals surface area contributed by atoms with Gasteiger partial charge in [0.1, 0.15) is 0 Å². The second-order valence-corrected chi connectivity index (χ2v) is 11.1. The Hall–Kier alpha value is -1.45. The zero-order chi connectivity index (χ0) is 24.7. The third kappa shape index (κ3) is 10.2. The number of esters is 1. The molecule has 0 spiro atoms. The van der Waals surface area contributed by atoms with Gasteiger partial charge in [-0.05, 0) is 0 Å². The molecule has 8 nitrogen and oxygen atoms in total. The molecule has 2 fully saturated rings. The van der Waals surface area contributed by atoms with Crippen LogP contribution in [-0.4, -0.2) is 91.2 Å². The number of benzene rings is 1. The quantitative estimate of drug-likeness (QED) is 0.0863. The van der Waals surface area contributed by atoms with Gasteiger partial charge in [-0.3, -0.25) is 0 Å². The number of methoxy groups -OCH3 is 2. The summed E-state index contributed by atoms with van der Waals surface area (Å²) < 4.78 is 41.1. The van der Waals surface area contributed by atoms with Gasteiger partial charge >= 0.3 is 215 Å². The van der Waals surface area contributed by atoms with E-state index in [1.165, 1.54) is 23.9 Å². The predicted octanol–water partition coefficient (Wildman–Crippen LogP) is 2.56. The molecule has 9 heteroatoms. The Bertz CT molecular complexity index is 746. The van der Waals surface area contributed by atoms with Crippen LogP contribution in [0.5, 0.6) is 0 Å². The van der Waals surface area contributed by atoms with E-state index in [2.05, 4.69) is 29.0 Å². The van der Waals surface area contributed by atoms with E-state index < -0.39 is 5.97 Å². The van der Waals surface area contributed by atoms with Crippen molar-refractivity contribution in [1.29, 1.82) is 0 Å². The molecule has 0 unspecified atom stereocenters. The Labute approximate surface area is 214 Å². The first-order valence-electron chi connectivity index (χ1n) is 12.3. The van der Waals surface area contributed by atoms with Crippen LogP contribution < -0.4 is 4.46 Å². The number of ether oxygens (including phenoxy) is 7. The standard InChI is InChI=1S/C26H38O8Se/c1-28-19-30-18-24-23(11-7-16-32-24)34-26(35-20-8-4-3-5-9-20)13-12-22-21(10-6-15-31-22)33-17-14-25(27)29-2/h3-5,8-9,14,17,21-24,26H,6-7,10-13,15-16,18-19H2,1-2H3/b17-14+/t21-,22+,23+,24-,26+/m1/s1. The molecule has 1 aromatic rings. The first-order valence-corrected chi connectivity index (χ1v) is 14.1. The molecule has 0 aromatic heterocycles. The van der Waals surface area contributed by atoms with E-state index in [9.17, 15) is 4.79 Å². The van der Waals surface area contributed by atoms with Crippen LogP contribution in [0.15, 0.2) is 42.7 Å². The van der Waals surface area contributed by atoms with Crippen molar-refractivity contribution in [3.63, 3.8) is 0 Å². The van der Waals surface area contributed by atoms with E-state index in [1.807, 2.05) is 6.07 Å². The van der Waals surface area contributed by atoms with Crippen molar-refractivity contribution in [2.24, 2.45) is 0 Å². The van der Waals surface area contributed by atoms with Crippen LogP contribution in [0.4, 0.5) is 0 Å². The van der Waals surface area contributed by atoms with Crippen LogP contribution in [-0.2, 0) is 38.0 Å². The van der Waals surface area contributed by atoms with Crippen LogP contribution >= 0.6 is 0 Å². The first-order chi connectivity index (χ1) is 17.2. The normalized spacial score (nSPS) is 25.9. The van der Waals surface area contributed by atoms with Crippen molar-refractivity contribution in [1.82, 2.24) is 0 Å². The molecule has 2 aliphatic heterocycles. The number of hydrogen-bond donors (Lipinski definition) is 0. The monoisotopic (exact) mass is 558 g/mol. The van der Waals surface area contributed by atoms with Gasteiger partial charge in [0.15, 0.2) is 0 Å². The van der Waals surface area contributed by atoms with E-state index in [-0.39, 0.29) is 51.2 Å². The molecule has 35 heavy (non-hydrogen) atoms. The summed E-state index contributed by atoms with van der Waals surface area (Å²) in [6.07, 6.45) is 7.87. The molecule has 0 aliphatic carbocycles. The maximum atomic E-state index is 11.4. The molecule has 2 aliphatic rings. The Morgan fingerprint density at radius 3 is 2.57 bits per heavy atom. The van der Waals surface area contributed by atoms with Gasteiger partial charge in [-0.2, -0.15) is 0 Å². The van der Waals surface area contributed by atoms with Gasteiger partial charge in [-0.1, -0.05) is 0 Å². The average Bonchev–Trinajstić information content (AvgIpc) is 2.89. The number of carbonyl (C=O) groups excluding carboxylic acids is 1. The Morgan fingerprint density at radius 1 is 1.09 bits per heavy atom. The zero-order valence-electron chi connectivity index (χ0n) is 20.7. The number of rotatable bonds is 14. The van der Waals surface area contributed by atoms with Crippen LogP contribution in [0, 0.1) is 0 Å². The predicted molar refractivity (Wildman–Crippen MR) is 132 cm³/mol. The SMILES string of the molecule is COCOC[C@H]1OCCC[C@@H]1O[C@H](CC[C@@H]1OCCC[C@H]1O/C=C/C(=O)OC)[Se]c1ccccc1. The van der Waals surface area contributed by atoms with Gasteiger partial charge in [-0.15, -0.1) is 0 Å². The molecular formula is C26H38O8Se. The summed E-state index contributed by atoms with van der Waals surface area (Å²) in [5.41, 5.74) is 0. The maximum absolute atomic E-state index is 11.4. The van der Waals surface area contributed by atoms with Gasteiger partial charge < -0.3 is 0 Å². The van der Waals surface area contributed by atoms with E-state index >= 15 is 0 Å². The fourth-order valence-corrected chi connectivity index (χ4v) is 6.42. The summed E-state index contributed by atoms with van der Waals surface area (Å²) in [6.45, 7) is 2.14.